The molecule has 2 amide bonds. The number of methoxy groups -OCH3 is 1. The quantitative estimate of drug-likeness (QED) is 0.602. The number of hydrogen-bond donors (Lipinski definition) is 3. The fourth-order valence-electron chi connectivity index (χ4n) is 3.02. The van der Waals surface area contributed by atoms with Crippen molar-refractivity contribution in [1.82, 2.24) is 10.6 Å². The second kappa shape index (κ2) is 9.05. The molecular formula is C22H24N2O3. The third-order valence-electron chi connectivity index (χ3n) is 4.50. The SMILES string of the molecule is COc1ccc(CCNC(=O)NC[C@@H](O)c2cccc3ccccc23)cc1. The molecule has 0 heterocycles. The maximum atomic E-state index is 12.0. The second-order valence-corrected chi connectivity index (χ2v) is 6.32. The molecule has 0 unspecified atom stereocenters. The van der Waals surface area contributed by atoms with Gasteiger partial charge in [0.2, 0.25) is 0 Å². The summed E-state index contributed by atoms with van der Waals surface area (Å²) in [6, 6.07) is 21.1. The van der Waals surface area contributed by atoms with Crippen LogP contribution < -0.4 is 15.4 Å². The Morgan fingerprint density at radius 3 is 2.52 bits per heavy atom. The summed E-state index contributed by atoms with van der Waals surface area (Å²) >= 11 is 0. The summed E-state index contributed by atoms with van der Waals surface area (Å²) < 4.78 is 5.13. The zero-order chi connectivity index (χ0) is 19.1. The number of aliphatic hydroxyl groups is 1. The van der Waals surface area contributed by atoms with Gasteiger partial charge < -0.3 is 20.5 Å². The lowest BCUT2D eigenvalue weighted by Crippen LogP contribution is -2.38. The van der Waals surface area contributed by atoms with Crippen LogP contribution in [0.15, 0.2) is 66.7 Å². The van der Waals surface area contributed by atoms with E-state index in [1.165, 1.54) is 0 Å². The Balaban J connectivity index is 1.46. The standard InChI is InChI=1S/C22H24N2O3/c1-27-18-11-9-16(10-12-18)13-14-23-22(26)24-15-21(25)20-8-4-6-17-5-2-3-7-19(17)20/h2-12,21,25H,13-15H2,1H3,(H2,23,24,26)/t21-/m1/s1. The number of ether oxygens (including phenoxy) is 1. The van der Waals surface area contributed by atoms with Gasteiger partial charge in [0, 0.05) is 13.1 Å². The van der Waals surface area contributed by atoms with Crippen molar-refractivity contribution in [2.75, 3.05) is 20.2 Å². The number of nitrogens with one attached hydrogen (secondary N) is 2. The number of amides is 2. The van der Waals surface area contributed by atoms with Gasteiger partial charge in [0.15, 0.2) is 0 Å². The molecule has 3 rings (SSSR count). The van der Waals surface area contributed by atoms with Crippen molar-refractivity contribution < 1.29 is 14.6 Å². The van der Waals surface area contributed by atoms with Gasteiger partial charge in [0.25, 0.3) is 0 Å². The maximum absolute atomic E-state index is 12.0. The van der Waals surface area contributed by atoms with Crippen LogP contribution >= 0.6 is 0 Å². The maximum Gasteiger partial charge on any atom is 0.314 e. The van der Waals surface area contributed by atoms with E-state index in [2.05, 4.69) is 10.6 Å². The molecule has 0 fully saturated rings. The Morgan fingerprint density at radius 2 is 1.74 bits per heavy atom. The number of carbonyl (C=O) groups is 1. The minimum Gasteiger partial charge on any atom is -0.497 e. The average molecular weight is 364 g/mol. The zero-order valence-electron chi connectivity index (χ0n) is 15.3. The minimum atomic E-state index is -0.761. The van der Waals surface area contributed by atoms with E-state index in [0.29, 0.717) is 6.54 Å². The van der Waals surface area contributed by atoms with Gasteiger partial charge in [0.05, 0.1) is 13.2 Å². The second-order valence-electron chi connectivity index (χ2n) is 6.32. The van der Waals surface area contributed by atoms with Gasteiger partial charge in [0.1, 0.15) is 5.75 Å². The highest BCUT2D eigenvalue weighted by atomic mass is 16.5. The Morgan fingerprint density at radius 1 is 1.00 bits per heavy atom. The van der Waals surface area contributed by atoms with Gasteiger partial charge in [-0.25, -0.2) is 4.79 Å². The Kier molecular flexibility index (Phi) is 6.28. The molecule has 0 aliphatic rings. The summed E-state index contributed by atoms with van der Waals surface area (Å²) in [5.74, 6) is 0.812. The van der Waals surface area contributed by atoms with E-state index in [0.717, 1.165) is 34.1 Å². The van der Waals surface area contributed by atoms with E-state index in [1.54, 1.807) is 7.11 Å². The van der Waals surface area contributed by atoms with Crippen LogP contribution in [0.4, 0.5) is 4.79 Å². The Hall–Kier alpha value is -3.05. The van der Waals surface area contributed by atoms with Crippen LogP contribution in [0.2, 0.25) is 0 Å². The van der Waals surface area contributed by atoms with Crippen molar-refractivity contribution in [2.24, 2.45) is 0 Å². The molecule has 0 aliphatic heterocycles. The van der Waals surface area contributed by atoms with Crippen molar-refractivity contribution in [1.29, 1.82) is 0 Å². The van der Waals surface area contributed by atoms with Crippen molar-refractivity contribution in [3.8, 4) is 5.75 Å². The lowest BCUT2D eigenvalue weighted by molar-refractivity contribution is 0.174. The van der Waals surface area contributed by atoms with Crippen LogP contribution in [-0.4, -0.2) is 31.3 Å². The van der Waals surface area contributed by atoms with Gasteiger partial charge in [-0.2, -0.15) is 0 Å². The summed E-state index contributed by atoms with van der Waals surface area (Å²) in [6.45, 7) is 0.672. The monoisotopic (exact) mass is 364 g/mol. The number of carbonyl (C=O) groups excluding carboxylic acids is 1. The van der Waals surface area contributed by atoms with E-state index < -0.39 is 6.10 Å². The number of rotatable bonds is 7. The predicted molar refractivity (Wildman–Crippen MR) is 107 cm³/mol. The third kappa shape index (κ3) is 4.99. The summed E-state index contributed by atoms with van der Waals surface area (Å²) in [4.78, 5) is 12.0. The van der Waals surface area contributed by atoms with E-state index in [1.807, 2.05) is 66.7 Å². The predicted octanol–water partition coefficient (Wildman–Crippen LogP) is 3.42. The number of hydrogen-bond acceptors (Lipinski definition) is 3. The molecule has 3 aromatic rings. The van der Waals surface area contributed by atoms with Crippen LogP contribution in [0.5, 0.6) is 5.75 Å². The first-order valence-electron chi connectivity index (χ1n) is 8.98. The average Bonchev–Trinajstić information content (AvgIpc) is 2.72. The van der Waals surface area contributed by atoms with Crippen LogP contribution in [0.3, 0.4) is 0 Å². The largest absolute Gasteiger partial charge is 0.497 e. The number of urea groups is 1. The van der Waals surface area contributed by atoms with Crippen LogP contribution in [-0.2, 0) is 6.42 Å². The van der Waals surface area contributed by atoms with E-state index >= 15 is 0 Å². The molecule has 0 spiro atoms. The number of fused-ring (bicyclic) bond motifs is 1. The van der Waals surface area contributed by atoms with Gasteiger partial charge in [-0.05, 0) is 40.5 Å². The molecule has 5 heteroatoms. The Bertz CT molecular complexity index is 888. The topological polar surface area (TPSA) is 70.6 Å². The lowest BCUT2D eigenvalue weighted by Gasteiger charge is -2.15. The smallest absolute Gasteiger partial charge is 0.314 e. The highest BCUT2D eigenvalue weighted by molar-refractivity contribution is 5.86. The van der Waals surface area contributed by atoms with E-state index in [9.17, 15) is 9.90 Å². The normalized spacial score (nSPS) is 11.8. The molecule has 140 valence electrons. The molecule has 1 atom stereocenters. The highest BCUT2D eigenvalue weighted by Gasteiger charge is 2.12. The van der Waals surface area contributed by atoms with Crippen molar-refractivity contribution in [3.05, 3.63) is 77.9 Å². The molecule has 0 radical (unpaired) electrons. The molecule has 0 saturated carbocycles. The van der Waals surface area contributed by atoms with Crippen LogP contribution in [0.1, 0.15) is 17.2 Å². The fraction of sp³-hybridized carbons (Fsp3) is 0.227. The fourth-order valence-corrected chi connectivity index (χ4v) is 3.02. The molecule has 3 N–H and O–H groups in total. The zero-order valence-corrected chi connectivity index (χ0v) is 15.3. The summed E-state index contributed by atoms with van der Waals surface area (Å²) in [7, 11) is 1.63. The van der Waals surface area contributed by atoms with Gasteiger partial charge in [-0.3, -0.25) is 0 Å². The molecule has 0 aliphatic carbocycles. The number of aliphatic hydroxyl groups excluding tert-OH is 1. The summed E-state index contributed by atoms with van der Waals surface area (Å²) in [5, 5.41) is 18.1. The highest BCUT2D eigenvalue weighted by Crippen LogP contribution is 2.23. The van der Waals surface area contributed by atoms with E-state index in [4.69, 9.17) is 4.74 Å². The molecular weight excluding hydrogens is 340 g/mol. The Labute approximate surface area is 159 Å². The van der Waals surface area contributed by atoms with Gasteiger partial charge >= 0.3 is 6.03 Å². The van der Waals surface area contributed by atoms with Crippen LogP contribution in [0, 0.1) is 0 Å². The van der Waals surface area contributed by atoms with Crippen molar-refractivity contribution >= 4 is 16.8 Å². The summed E-state index contributed by atoms with van der Waals surface area (Å²) in [5.41, 5.74) is 1.93. The van der Waals surface area contributed by atoms with E-state index in [-0.39, 0.29) is 12.6 Å². The van der Waals surface area contributed by atoms with Crippen molar-refractivity contribution in [2.45, 2.75) is 12.5 Å². The first kappa shape index (κ1) is 18.7. The lowest BCUT2D eigenvalue weighted by atomic mass is 10.0. The van der Waals surface area contributed by atoms with Crippen molar-refractivity contribution in [3.63, 3.8) is 0 Å². The number of benzene rings is 3. The molecule has 0 aromatic heterocycles. The third-order valence-corrected chi connectivity index (χ3v) is 4.50. The molecule has 27 heavy (non-hydrogen) atoms. The molecule has 5 nitrogen and oxygen atoms in total. The first-order valence-corrected chi connectivity index (χ1v) is 8.98. The van der Waals surface area contributed by atoms with Gasteiger partial charge in [-0.1, -0.05) is 54.6 Å². The summed E-state index contributed by atoms with van der Waals surface area (Å²) in [6.07, 6.45) is -0.0352. The first-order chi connectivity index (χ1) is 13.2. The van der Waals surface area contributed by atoms with Gasteiger partial charge in [-0.15, -0.1) is 0 Å². The molecule has 0 saturated heterocycles. The molecule has 3 aromatic carbocycles. The molecule has 0 bridgehead atoms. The minimum absolute atomic E-state index is 0.155. The van der Waals surface area contributed by atoms with Crippen LogP contribution in [0.25, 0.3) is 10.8 Å².